The van der Waals surface area contributed by atoms with E-state index in [1.807, 2.05) is 24.3 Å². The van der Waals surface area contributed by atoms with Gasteiger partial charge in [-0.15, -0.1) is 0 Å². The van der Waals surface area contributed by atoms with Gasteiger partial charge in [-0.3, -0.25) is 0 Å². The molecule has 0 aliphatic rings. The third kappa shape index (κ3) is 2.48. The van der Waals surface area contributed by atoms with Crippen molar-refractivity contribution in [3.05, 3.63) is 42.0 Å². The predicted octanol–water partition coefficient (Wildman–Crippen LogP) is 3.30. The molecule has 0 saturated heterocycles. The van der Waals surface area contributed by atoms with E-state index in [0.717, 1.165) is 5.39 Å². The number of fused-ring (bicyclic) bond motifs is 1. The molecule has 0 unspecified atom stereocenters. The summed E-state index contributed by atoms with van der Waals surface area (Å²) < 4.78 is 20.8. The smallest absolute Gasteiger partial charge is 0.341 e. The van der Waals surface area contributed by atoms with Crippen molar-refractivity contribution in [3.8, 4) is 22.8 Å². The summed E-state index contributed by atoms with van der Waals surface area (Å²) in [6.07, 6.45) is 0. The normalized spacial score (nSPS) is 10.6. The number of esters is 1. The quantitative estimate of drug-likeness (QED) is 0.688. The number of ether oxygens (including phenoxy) is 3. The lowest BCUT2D eigenvalue weighted by molar-refractivity contribution is 0.0597. The maximum Gasteiger partial charge on any atom is 0.341 e. The number of nitrogens with zero attached hydrogens (tertiary/aromatic N) is 1. The van der Waals surface area contributed by atoms with Crippen LogP contribution in [0.3, 0.4) is 0 Å². The lowest BCUT2D eigenvalue weighted by atomic mass is 10.0. The summed E-state index contributed by atoms with van der Waals surface area (Å²) >= 11 is 0. The third-order valence-electron chi connectivity index (χ3n) is 3.56. The zero-order valence-electron chi connectivity index (χ0n) is 13.0. The highest BCUT2D eigenvalue weighted by Crippen LogP contribution is 2.38. The SMILES string of the molecule is COC(=O)c1cc(-c2noc3ccccc23)c(OC)cc1OC. The minimum Gasteiger partial charge on any atom is -0.496 e. The number of carbonyl (C=O) groups excluding carboxylic acids is 1. The number of aromatic nitrogens is 1. The number of hydrogen-bond donors (Lipinski definition) is 0. The van der Waals surface area contributed by atoms with E-state index in [4.69, 9.17) is 18.7 Å². The Balaban J connectivity index is 2.27. The molecule has 6 nitrogen and oxygen atoms in total. The number of rotatable bonds is 4. The van der Waals surface area contributed by atoms with Gasteiger partial charge in [0.2, 0.25) is 0 Å². The predicted molar refractivity (Wildman–Crippen MR) is 83.9 cm³/mol. The number of carbonyl (C=O) groups is 1. The zero-order valence-corrected chi connectivity index (χ0v) is 13.0. The summed E-state index contributed by atoms with van der Waals surface area (Å²) in [5.74, 6) is 0.386. The second kappa shape index (κ2) is 6.00. The first kappa shape index (κ1) is 14.9. The van der Waals surface area contributed by atoms with Crippen LogP contribution >= 0.6 is 0 Å². The highest BCUT2D eigenvalue weighted by molar-refractivity contribution is 5.98. The van der Waals surface area contributed by atoms with Crippen molar-refractivity contribution in [1.82, 2.24) is 5.16 Å². The molecular weight excluding hydrogens is 298 g/mol. The Labute approximate surface area is 132 Å². The van der Waals surface area contributed by atoms with Gasteiger partial charge < -0.3 is 18.7 Å². The van der Waals surface area contributed by atoms with Crippen molar-refractivity contribution in [2.75, 3.05) is 21.3 Å². The van der Waals surface area contributed by atoms with E-state index < -0.39 is 5.97 Å². The maximum atomic E-state index is 12.0. The van der Waals surface area contributed by atoms with Gasteiger partial charge in [-0.05, 0) is 18.2 Å². The molecule has 1 heterocycles. The molecule has 0 atom stereocenters. The van der Waals surface area contributed by atoms with Crippen LogP contribution in [0.5, 0.6) is 11.5 Å². The van der Waals surface area contributed by atoms with E-state index in [0.29, 0.717) is 28.3 Å². The Kier molecular flexibility index (Phi) is 3.89. The standard InChI is InChI=1S/C17H15NO5/c1-20-14-9-15(21-2)12(17(19)22-3)8-11(14)16-10-6-4-5-7-13(10)23-18-16/h4-9H,1-3H3. The fourth-order valence-electron chi connectivity index (χ4n) is 2.43. The monoisotopic (exact) mass is 313 g/mol. The Morgan fingerprint density at radius 1 is 1.04 bits per heavy atom. The lowest BCUT2D eigenvalue weighted by Crippen LogP contribution is -2.05. The topological polar surface area (TPSA) is 70.8 Å². The number of methoxy groups -OCH3 is 3. The van der Waals surface area contributed by atoms with Gasteiger partial charge in [-0.25, -0.2) is 4.79 Å². The molecule has 6 heteroatoms. The van der Waals surface area contributed by atoms with Crippen molar-refractivity contribution in [3.63, 3.8) is 0 Å². The average Bonchev–Trinajstić information content (AvgIpc) is 3.03. The number of para-hydroxylation sites is 1. The number of hydrogen-bond acceptors (Lipinski definition) is 6. The Morgan fingerprint density at radius 3 is 2.48 bits per heavy atom. The van der Waals surface area contributed by atoms with Crippen molar-refractivity contribution in [2.45, 2.75) is 0 Å². The van der Waals surface area contributed by atoms with E-state index in [2.05, 4.69) is 5.16 Å². The first-order chi connectivity index (χ1) is 11.2. The van der Waals surface area contributed by atoms with Gasteiger partial charge in [0.25, 0.3) is 0 Å². The van der Waals surface area contributed by atoms with Crippen LogP contribution in [0.25, 0.3) is 22.2 Å². The number of benzene rings is 2. The molecule has 0 spiro atoms. The summed E-state index contributed by atoms with van der Waals surface area (Å²) in [5.41, 5.74) is 2.15. The largest absolute Gasteiger partial charge is 0.496 e. The van der Waals surface area contributed by atoms with Gasteiger partial charge in [0, 0.05) is 17.0 Å². The minimum absolute atomic E-state index is 0.290. The van der Waals surface area contributed by atoms with Crippen molar-refractivity contribution < 1.29 is 23.5 Å². The molecule has 118 valence electrons. The first-order valence-electron chi connectivity index (χ1n) is 6.88. The van der Waals surface area contributed by atoms with E-state index in [1.54, 1.807) is 19.2 Å². The molecule has 0 bridgehead atoms. The Hall–Kier alpha value is -3.02. The summed E-state index contributed by atoms with van der Waals surface area (Å²) in [7, 11) is 4.34. The fraction of sp³-hybridized carbons (Fsp3) is 0.176. The van der Waals surface area contributed by atoms with Crippen LogP contribution in [0.2, 0.25) is 0 Å². The summed E-state index contributed by atoms with van der Waals surface area (Å²) in [6.45, 7) is 0. The van der Waals surface area contributed by atoms with Crippen LogP contribution in [0.15, 0.2) is 40.9 Å². The van der Waals surface area contributed by atoms with Crippen LogP contribution in [-0.4, -0.2) is 32.5 Å². The van der Waals surface area contributed by atoms with E-state index in [1.165, 1.54) is 14.2 Å². The molecule has 0 amide bonds. The van der Waals surface area contributed by atoms with Gasteiger partial charge in [0.1, 0.15) is 22.8 Å². The Bertz CT molecular complexity index is 869. The molecular formula is C17H15NO5. The molecule has 1 aromatic heterocycles. The van der Waals surface area contributed by atoms with Crippen molar-refractivity contribution in [2.24, 2.45) is 0 Å². The van der Waals surface area contributed by atoms with Gasteiger partial charge in [-0.2, -0.15) is 0 Å². The van der Waals surface area contributed by atoms with E-state index in [9.17, 15) is 4.79 Å². The van der Waals surface area contributed by atoms with E-state index in [-0.39, 0.29) is 5.56 Å². The third-order valence-corrected chi connectivity index (χ3v) is 3.56. The second-order valence-electron chi connectivity index (χ2n) is 4.77. The molecule has 0 N–H and O–H groups in total. The van der Waals surface area contributed by atoms with Gasteiger partial charge in [-0.1, -0.05) is 17.3 Å². The molecule has 23 heavy (non-hydrogen) atoms. The second-order valence-corrected chi connectivity index (χ2v) is 4.77. The van der Waals surface area contributed by atoms with Gasteiger partial charge in [0.15, 0.2) is 5.58 Å². The van der Waals surface area contributed by atoms with Crippen LogP contribution in [0.4, 0.5) is 0 Å². The van der Waals surface area contributed by atoms with Crippen LogP contribution in [0.1, 0.15) is 10.4 Å². The zero-order chi connectivity index (χ0) is 16.4. The van der Waals surface area contributed by atoms with Gasteiger partial charge >= 0.3 is 5.97 Å². The van der Waals surface area contributed by atoms with Crippen LogP contribution in [0, 0.1) is 0 Å². The Morgan fingerprint density at radius 2 is 1.78 bits per heavy atom. The molecule has 0 saturated carbocycles. The molecule has 0 aliphatic heterocycles. The molecule has 0 fully saturated rings. The highest BCUT2D eigenvalue weighted by atomic mass is 16.5. The summed E-state index contributed by atoms with van der Waals surface area (Å²) in [4.78, 5) is 12.0. The molecule has 0 radical (unpaired) electrons. The fourth-order valence-corrected chi connectivity index (χ4v) is 2.43. The molecule has 2 aromatic carbocycles. The summed E-state index contributed by atoms with van der Waals surface area (Å²) in [5, 5.41) is 4.93. The summed E-state index contributed by atoms with van der Waals surface area (Å²) in [6, 6.07) is 10.7. The molecule has 3 aromatic rings. The first-order valence-corrected chi connectivity index (χ1v) is 6.88. The van der Waals surface area contributed by atoms with Gasteiger partial charge in [0.05, 0.1) is 21.3 Å². The maximum absolute atomic E-state index is 12.0. The molecule has 0 aliphatic carbocycles. The van der Waals surface area contributed by atoms with E-state index >= 15 is 0 Å². The van der Waals surface area contributed by atoms with Crippen molar-refractivity contribution in [1.29, 1.82) is 0 Å². The van der Waals surface area contributed by atoms with Crippen LogP contribution < -0.4 is 9.47 Å². The highest BCUT2D eigenvalue weighted by Gasteiger charge is 2.21. The van der Waals surface area contributed by atoms with Crippen LogP contribution in [-0.2, 0) is 4.74 Å². The molecule has 3 rings (SSSR count). The minimum atomic E-state index is -0.501. The average molecular weight is 313 g/mol. The van der Waals surface area contributed by atoms with Crippen molar-refractivity contribution >= 4 is 16.9 Å². The lowest BCUT2D eigenvalue weighted by Gasteiger charge is -2.12.